The minimum atomic E-state index is -3.79. The zero-order chi connectivity index (χ0) is 22.7. The van der Waals surface area contributed by atoms with Gasteiger partial charge in [0.25, 0.3) is 15.9 Å². The molecule has 2 heterocycles. The monoisotopic (exact) mass is 470 g/mol. The van der Waals surface area contributed by atoms with Crippen molar-refractivity contribution in [1.82, 2.24) is 14.8 Å². The zero-order valence-electron chi connectivity index (χ0n) is 18.1. The number of aromatic nitrogens is 1. The molecule has 2 aromatic carbocycles. The van der Waals surface area contributed by atoms with E-state index in [0.717, 1.165) is 35.9 Å². The Labute approximate surface area is 192 Å². The second-order valence-electron chi connectivity index (χ2n) is 7.93. The number of piperazine rings is 1. The van der Waals surface area contributed by atoms with Crippen molar-refractivity contribution < 1.29 is 13.2 Å². The molecular weight excluding hydrogens is 444 g/mol. The summed E-state index contributed by atoms with van der Waals surface area (Å²) in [6, 6.07) is 13.4. The van der Waals surface area contributed by atoms with Gasteiger partial charge < -0.3 is 4.90 Å². The lowest BCUT2D eigenvalue weighted by Crippen LogP contribution is -2.48. The van der Waals surface area contributed by atoms with Gasteiger partial charge in [-0.25, -0.2) is 13.4 Å². The summed E-state index contributed by atoms with van der Waals surface area (Å²) in [6.07, 6.45) is 0. The molecule has 1 aliphatic rings. The zero-order valence-corrected chi connectivity index (χ0v) is 19.7. The lowest BCUT2D eigenvalue weighted by Gasteiger charge is -2.34. The Morgan fingerprint density at radius 3 is 2.50 bits per heavy atom. The van der Waals surface area contributed by atoms with Crippen LogP contribution in [0.5, 0.6) is 0 Å². The first-order valence-electron chi connectivity index (χ1n) is 10.4. The summed E-state index contributed by atoms with van der Waals surface area (Å²) in [6.45, 7) is 7.39. The lowest BCUT2D eigenvalue weighted by molar-refractivity contribution is 0.0627. The predicted molar refractivity (Wildman–Crippen MR) is 126 cm³/mol. The normalized spacial score (nSPS) is 15.0. The summed E-state index contributed by atoms with van der Waals surface area (Å²) < 4.78 is 28.3. The highest BCUT2D eigenvalue weighted by molar-refractivity contribution is 7.92. The second-order valence-corrected chi connectivity index (χ2v) is 10.7. The third-order valence-corrected chi connectivity index (χ3v) is 7.57. The number of hydrogen-bond donors (Lipinski definition) is 1. The fourth-order valence-electron chi connectivity index (χ4n) is 3.72. The molecule has 1 saturated heterocycles. The number of benzene rings is 2. The van der Waals surface area contributed by atoms with E-state index in [0.29, 0.717) is 24.3 Å². The third-order valence-electron chi connectivity index (χ3n) is 5.37. The van der Waals surface area contributed by atoms with E-state index < -0.39 is 10.0 Å². The highest BCUT2D eigenvalue weighted by Crippen LogP contribution is 2.20. The smallest absolute Gasteiger partial charge is 0.261 e. The van der Waals surface area contributed by atoms with Crippen molar-refractivity contribution in [3.05, 3.63) is 75.7 Å². The summed E-state index contributed by atoms with van der Waals surface area (Å²) in [4.78, 5) is 21.7. The van der Waals surface area contributed by atoms with E-state index in [1.54, 1.807) is 46.6 Å². The van der Waals surface area contributed by atoms with Gasteiger partial charge in [-0.15, -0.1) is 11.3 Å². The molecule has 1 N–H and O–H groups in total. The number of amides is 1. The Balaban J connectivity index is 1.41. The average molecular weight is 471 g/mol. The van der Waals surface area contributed by atoms with Crippen molar-refractivity contribution in [3.63, 3.8) is 0 Å². The van der Waals surface area contributed by atoms with Gasteiger partial charge in [-0.3, -0.25) is 14.4 Å². The number of thiazole rings is 1. The number of nitrogens with one attached hydrogen (secondary N) is 1. The fraction of sp³-hybridized carbons (Fsp3) is 0.304. The minimum Gasteiger partial charge on any atom is -0.336 e. The fourth-order valence-corrected chi connectivity index (χ4v) is 5.42. The SMILES string of the molecule is Cc1cccc(NS(=O)(=O)c2cccc(C(=O)N3CCN(Cc4csc(C)n4)CC3)c2)c1. The van der Waals surface area contributed by atoms with Gasteiger partial charge in [-0.2, -0.15) is 0 Å². The summed E-state index contributed by atoms with van der Waals surface area (Å²) in [7, 11) is -3.79. The molecule has 0 atom stereocenters. The molecule has 0 aliphatic carbocycles. The van der Waals surface area contributed by atoms with Gasteiger partial charge in [0.1, 0.15) is 0 Å². The van der Waals surface area contributed by atoms with Gasteiger partial charge in [0, 0.05) is 49.4 Å². The van der Waals surface area contributed by atoms with E-state index in [2.05, 4.69) is 20.0 Å². The Morgan fingerprint density at radius 2 is 1.81 bits per heavy atom. The second kappa shape index (κ2) is 9.40. The maximum atomic E-state index is 13.0. The Bertz CT molecular complexity index is 1220. The number of carbonyl (C=O) groups excluding carboxylic acids is 1. The molecule has 168 valence electrons. The van der Waals surface area contributed by atoms with E-state index >= 15 is 0 Å². The molecule has 7 nitrogen and oxygen atoms in total. The van der Waals surface area contributed by atoms with Gasteiger partial charge in [-0.1, -0.05) is 18.2 Å². The quantitative estimate of drug-likeness (QED) is 0.596. The summed E-state index contributed by atoms with van der Waals surface area (Å²) in [5.41, 5.74) is 2.89. The van der Waals surface area contributed by atoms with Crippen molar-refractivity contribution in [2.75, 3.05) is 30.9 Å². The molecule has 1 fully saturated rings. The molecule has 1 aliphatic heterocycles. The van der Waals surface area contributed by atoms with Crippen LogP contribution >= 0.6 is 11.3 Å². The molecule has 1 amide bonds. The van der Waals surface area contributed by atoms with Crippen LogP contribution in [0, 0.1) is 13.8 Å². The molecular formula is C23H26N4O3S2. The van der Waals surface area contributed by atoms with Crippen LogP contribution in [0.2, 0.25) is 0 Å². The van der Waals surface area contributed by atoms with Crippen LogP contribution in [0.25, 0.3) is 0 Å². The van der Waals surface area contributed by atoms with Crippen molar-refractivity contribution in [2.45, 2.75) is 25.3 Å². The number of anilines is 1. The van der Waals surface area contributed by atoms with Crippen molar-refractivity contribution in [2.24, 2.45) is 0 Å². The molecule has 0 radical (unpaired) electrons. The standard InChI is InChI=1S/C23H26N4O3S2/c1-17-5-3-7-20(13-17)25-32(29,30)22-8-4-6-19(14-22)23(28)27-11-9-26(10-12-27)15-21-16-31-18(2)24-21/h3-8,13-14,16,25H,9-12,15H2,1-2H3. The average Bonchev–Trinajstić information content (AvgIpc) is 3.18. The van der Waals surface area contributed by atoms with E-state index in [9.17, 15) is 13.2 Å². The van der Waals surface area contributed by atoms with E-state index in [-0.39, 0.29) is 10.8 Å². The summed E-state index contributed by atoms with van der Waals surface area (Å²) >= 11 is 1.64. The van der Waals surface area contributed by atoms with Gasteiger partial charge in [0.15, 0.2) is 0 Å². The molecule has 9 heteroatoms. The summed E-state index contributed by atoms with van der Waals surface area (Å²) in [5, 5.41) is 3.13. The third kappa shape index (κ3) is 5.35. The van der Waals surface area contributed by atoms with Gasteiger partial charge in [0.2, 0.25) is 0 Å². The number of nitrogens with zero attached hydrogens (tertiary/aromatic N) is 3. The van der Waals surface area contributed by atoms with Crippen LogP contribution in [0.1, 0.15) is 26.6 Å². The Kier molecular flexibility index (Phi) is 6.59. The van der Waals surface area contributed by atoms with Gasteiger partial charge in [-0.05, 0) is 49.7 Å². The van der Waals surface area contributed by atoms with E-state index in [1.165, 1.54) is 12.1 Å². The molecule has 32 heavy (non-hydrogen) atoms. The number of sulfonamides is 1. The number of hydrogen-bond acceptors (Lipinski definition) is 6. The van der Waals surface area contributed by atoms with Crippen LogP contribution in [-0.4, -0.2) is 55.3 Å². The molecule has 4 rings (SSSR count). The van der Waals surface area contributed by atoms with Crippen molar-refractivity contribution >= 4 is 33.0 Å². The maximum Gasteiger partial charge on any atom is 0.261 e. The Morgan fingerprint density at radius 1 is 1.06 bits per heavy atom. The predicted octanol–water partition coefficient (Wildman–Crippen LogP) is 3.52. The first-order valence-corrected chi connectivity index (χ1v) is 12.8. The van der Waals surface area contributed by atoms with Gasteiger partial charge in [0.05, 0.1) is 15.6 Å². The van der Waals surface area contributed by atoms with Crippen LogP contribution in [0.3, 0.4) is 0 Å². The molecule has 0 unspecified atom stereocenters. The van der Waals surface area contributed by atoms with Gasteiger partial charge >= 0.3 is 0 Å². The largest absolute Gasteiger partial charge is 0.336 e. The maximum absolute atomic E-state index is 13.0. The van der Waals surface area contributed by atoms with Crippen molar-refractivity contribution in [3.8, 4) is 0 Å². The van der Waals surface area contributed by atoms with Crippen LogP contribution in [0.15, 0.2) is 58.8 Å². The van der Waals surface area contributed by atoms with Crippen LogP contribution < -0.4 is 4.72 Å². The lowest BCUT2D eigenvalue weighted by atomic mass is 10.2. The molecule has 3 aromatic rings. The number of rotatable bonds is 6. The van der Waals surface area contributed by atoms with Crippen LogP contribution in [0.4, 0.5) is 5.69 Å². The van der Waals surface area contributed by atoms with Crippen molar-refractivity contribution in [1.29, 1.82) is 0 Å². The summed E-state index contributed by atoms with van der Waals surface area (Å²) in [5.74, 6) is -0.151. The Hall–Kier alpha value is -2.75. The topological polar surface area (TPSA) is 82.6 Å². The first kappa shape index (κ1) is 22.4. The molecule has 0 saturated carbocycles. The first-order chi connectivity index (χ1) is 15.3. The molecule has 0 spiro atoms. The van der Waals surface area contributed by atoms with E-state index in [1.807, 2.05) is 19.9 Å². The minimum absolute atomic E-state index is 0.0717. The number of carbonyl (C=O) groups is 1. The highest BCUT2D eigenvalue weighted by atomic mass is 32.2. The van der Waals surface area contributed by atoms with Crippen LogP contribution in [-0.2, 0) is 16.6 Å². The molecule has 1 aromatic heterocycles. The highest BCUT2D eigenvalue weighted by Gasteiger charge is 2.24. The molecule has 0 bridgehead atoms. The number of aryl methyl sites for hydroxylation is 2. The van der Waals surface area contributed by atoms with E-state index in [4.69, 9.17) is 0 Å².